The summed E-state index contributed by atoms with van der Waals surface area (Å²) in [5.74, 6) is 0. The normalized spacial score (nSPS) is 11.0. The van der Waals surface area contributed by atoms with E-state index in [0.717, 1.165) is 38.3 Å². The van der Waals surface area contributed by atoms with Gasteiger partial charge in [0.15, 0.2) is 0 Å². The molecule has 0 atom stereocenters. The molecule has 2 rings (SSSR count). The summed E-state index contributed by atoms with van der Waals surface area (Å²) >= 11 is 0. The molecule has 0 spiro atoms. The maximum absolute atomic E-state index is 4.43. The Hall–Kier alpha value is -1.71. The van der Waals surface area contributed by atoms with Crippen LogP contribution in [0.15, 0.2) is 48.7 Å². The van der Waals surface area contributed by atoms with Gasteiger partial charge in [-0.15, -0.1) is 0 Å². The third-order valence-corrected chi connectivity index (χ3v) is 3.72. The SMILES string of the molecule is CCN(Cc1ccccn1)Cc1ccccc1CCNC. The molecule has 0 radical (unpaired) electrons. The van der Waals surface area contributed by atoms with Gasteiger partial charge in [-0.05, 0) is 49.8 Å². The highest BCUT2D eigenvalue weighted by Gasteiger charge is 2.08. The van der Waals surface area contributed by atoms with Gasteiger partial charge in [0.2, 0.25) is 0 Å². The predicted molar refractivity (Wildman–Crippen MR) is 88.1 cm³/mol. The van der Waals surface area contributed by atoms with Crippen LogP contribution in [0.3, 0.4) is 0 Å². The van der Waals surface area contributed by atoms with E-state index >= 15 is 0 Å². The van der Waals surface area contributed by atoms with E-state index in [2.05, 4.69) is 58.5 Å². The number of hydrogen-bond donors (Lipinski definition) is 1. The van der Waals surface area contributed by atoms with Crippen molar-refractivity contribution in [2.24, 2.45) is 0 Å². The number of nitrogens with zero attached hydrogens (tertiary/aromatic N) is 2. The van der Waals surface area contributed by atoms with Crippen LogP contribution in [0, 0.1) is 0 Å². The van der Waals surface area contributed by atoms with Crippen LogP contribution in [0.25, 0.3) is 0 Å². The Kier molecular flexibility index (Phi) is 6.38. The van der Waals surface area contributed by atoms with Gasteiger partial charge < -0.3 is 5.32 Å². The first-order valence-corrected chi connectivity index (χ1v) is 7.67. The zero-order chi connectivity index (χ0) is 14.9. The maximum atomic E-state index is 4.43. The van der Waals surface area contributed by atoms with E-state index in [0.29, 0.717) is 0 Å². The summed E-state index contributed by atoms with van der Waals surface area (Å²) in [7, 11) is 2.00. The summed E-state index contributed by atoms with van der Waals surface area (Å²) in [6, 6.07) is 14.9. The van der Waals surface area contributed by atoms with Crippen LogP contribution >= 0.6 is 0 Å². The third-order valence-electron chi connectivity index (χ3n) is 3.72. The van der Waals surface area contributed by atoms with Crippen molar-refractivity contribution >= 4 is 0 Å². The summed E-state index contributed by atoms with van der Waals surface area (Å²) in [6.07, 6.45) is 2.94. The largest absolute Gasteiger partial charge is 0.319 e. The third kappa shape index (κ3) is 4.96. The second-order valence-corrected chi connectivity index (χ2v) is 5.25. The molecular weight excluding hydrogens is 258 g/mol. The smallest absolute Gasteiger partial charge is 0.0544 e. The average Bonchev–Trinajstić information content (AvgIpc) is 2.54. The highest BCUT2D eigenvalue weighted by molar-refractivity contribution is 5.27. The Morgan fingerprint density at radius 1 is 1.00 bits per heavy atom. The molecule has 1 aromatic heterocycles. The maximum Gasteiger partial charge on any atom is 0.0544 e. The van der Waals surface area contributed by atoms with E-state index in [-0.39, 0.29) is 0 Å². The van der Waals surface area contributed by atoms with Gasteiger partial charge in [-0.2, -0.15) is 0 Å². The van der Waals surface area contributed by atoms with Crippen molar-refractivity contribution in [1.29, 1.82) is 0 Å². The number of likely N-dealkylation sites (N-methyl/N-ethyl adjacent to an activating group) is 1. The van der Waals surface area contributed by atoms with Crippen molar-refractivity contribution in [3.05, 3.63) is 65.5 Å². The Morgan fingerprint density at radius 3 is 2.43 bits per heavy atom. The van der Waals surface area contributed by atoms with Crippen LogP contribution in [0.2, 0.25) is 0 Å². The first-order chi connectivity index (χ1) is 10.3. The van der Waals surface area contributed by atoms with E-state index in [9.17, 15) is 0 Å². The summed E-state index contributed by atoms with van der Waals surface area (Å²) in [5.41, 5.74) is 3.99. The minimum absolute atomic E-state index is 0.900. The highest BCUT2D eigenvalue weighted by atomic mass is 15.1. The van der Waals surface area contributed by atoms with Crippen molar-refractivity contribution in [2.45, 2.75) is 26.4 Å². The molecule has 3 heteroatoms. The molecule has 0 saturated carbocycles. The fourth-order valence-electron chi connectivity index (χ4n) is 2.46. The molecule has 21 heavy (non-hydrogen) atoms. The van der Waals surface area contributed by atoms with Crippen LogP contribution in [-0.4, -0.2) is 30.0 Å². The van der Waals surface area contributed by atoms with Crippen LogP contribution in [0.5, 0.6) is 0 Å². The average molecular weight is 283 g/mol. The Bertz CT molecular complexity index is 525. The Morgan fingerprint density at radius 2 is 1.76 bits per heavy atom. The zero-order valence-corrected chi connectivity index (χ0v) is 13.0. The van der Waals surface area contributed by atoms with E-state index < -0.39 is 0 Å². The first kappa shape index (κ1) is 15.7. The van der Waals surface area contributed by atoms with Gasteiger partial charge in [0, 0.05) is 19.3 Å². The molecule has 0 amide bonds. The topological polar surface area (TPSA) is 28.2 Å². The summed E-state index contributed by atoms with van der Waals surface area (Å²) in [6.45, 7) is 6.13. The van der Waals surface area contributed by atoms with Gasteiger partial charge in [0.05, 0.1) is 5.69 Å². The molecule has 1 aromatic carbocycles. The molecule has 1 heterocycles. The lowest BCUT2D eigenvalue weighted by molar-refractivity contribution is 0.267. The fraction of sp³-hybridized carbons (Fsp3) is 0.389. The van der Waals surface area contributed by atoms with Gasteiger partial charge in [-0.25, -0.2) is 0 Å². The molecule has 0 saturated heterocycles. The molecule has 0 unspecified atom stereocenters. The van der Waals surface area contributed by atoms with Crippen LogP contribution in [-0.2, 0) is 19.5 Å². The number of aromatic nitrogens is 1. The second kappa shape index (κ2) is 8.55. The number of hydrogen-bond acceptors (Lipinski definition) is 3. The van der Waals surface area contributed by atoms with Crippen LogP contribution in [0.4, 0.5) is 0 Å². The monoisotopic (exact) mass is 283 g/mol. The minimum atomic E-state index is 0.900. The van der Waals surface area contributed by atoms with Crippen molar-refractivity contribution in [3.8, 4) is 0 Å². The summed E-state index contributed by atoms with van der Waals surface area (Å²) in [5, 5.41) is 3.23. The molecule has 0 bridgehead atoms. The fourth-order valence-corrected chi connectivity index (χ4v) is 2.46. The molecule has 0 aliphatic heterocycles. The lowest BCUT2D eigenvalue weighted by Crippen LogP contribution is -2.24. The molecular formula is C18H25N3. The van der Waals surface area contributed by atoms with Crippen LogP contribution in [0.1, 0.15) is 23.7 Å². The van der Waals surface area contributed by atoms with E-state index in [1.807, 2.05) is 19.3 Å². The minimum Gasteiger partial charge on any atom is -0.319 e. The highest BCUT2D eigenvalue weighted by Crippen LogP contribution is 2.14. The molecule has 0 aliphatic rings. The number of benzene rings is 1. The lowest BCUT2D eigenvalue weighted by atomic mass is 10.0. The zero-order valence-electron chi connectivity index (χ0n) is 13.0. The second-order valence-electron chi connectivity index (χ2n) is 5.25. The first-order valence-electron chi connectivity index (χ1n) is 7.67. The molecule has 0 aliphatic carbocycles. The van der Waals surface area contributed by atoms with E-state index in [1.165, 1.54) is 11.1 Å². The molecule has 1 N–H and O–H groups in total. The number of nitrogens with one attached hydrogen (secondary N) is 1. The molecule has 3 nitrogen and oxygen atoms in total. The van der Waals surface area contributed by atoms with Crippen LogP contribution < -0.4 is 5.32 Å². The molecule has 0 fully saturated rings. The Balaban J connectivity index is 2.04. The van der Waals surface area contributed by atoms with Gasteiger partial charge in [0.25, 0.3) is 0 Å². The van der Waals surface area contributed by atoms with Gasteiger partial charge in [-0.1, -0.05) is 37.3 Å². The number of rotatable bonds is 8. The van der Waals surface area contributed by atoms with Gasteiger partial charge in [0.1, 0.15) is 0 Å². The standard InChI is InChI=1S/C18H25N3/c1-3-21(15-18-10-6-7-12-20-18)14-17-9-5-4-8-16(17)11-13-19-2/h4-10,12,19H,3,11,13-15H2,1-2H3. The number of pyridine rings is 1. The summed E-state index contributed by atoms with van der Waals surface area (Å²) in [4.78, 5) is 6.86. The quantitative estimate of drug-likeness (QED) is 0.807. The van der Waals surface area contributed by atoms with Crippen molar-refractivity contribution in [1.82, 2.24) is 15.2 Å². The van der Waals surface area contributed by atoms with Crippen molar-refractivity contribution in [2.75, 3.05) is 20.1 Å². The van der Waals surface area contributed by atoms with Crippen molar-refractivity contribution in [3.63, 3.8) is 0 Å². The van der Waals surface area contributed by atoms with Crippen molar-refractivity contribution < 1.29 is 0 Å². The summed E-state index contributed by atoms with van der Waals surface area (Å²) < 4.78 is 0. The molecule has 112 valence electrons. The Labute approximate surface area is 128 Å². The lowest BCUT2D eigenvalue weighted by Gasteiger charge is -2.21. The van der Waals surface area contributed by atoms with Gasteiger partial charge >= 0.3 is 0 Å². The van der Waals surface area contributed by atoms with Gasteiger partial charge in [-0.3, -0.25) is 9.88 Å². The molecule has 2 aromatic rings. The predicted octanol–water partition coefficient (Wildman–Crippen LogP) is 2.87. The van der Waals surface area contributed by atoms with E-state index in [1.54, 1.807) is 0 Å². The van der Waals surface area contributed by atoms with E-state index in [4.69, 9.17) is 0 Å².